The van der Waals surface area contributed by atoms with Gasteiger partial charge in [-0.25, -0.2) is 4.39 Å². The SMILES string of the molecule is CC(C(=O)c1ccc(F)cc1)N(C)c1ccc(C#N)cc1. The van der Waals surface area contributed by atoms with Gasteiger partial charge < -0.3 is 4.90 Å². The molecule has 2 aromatic carbocycles. The van der Waals surface area contributed by atoms with E-state index < -0.39 is 0 Å². The van der Waals surface area contributed by atoms with Crippen molar-refractivity contribution < 1.29 is 9.18 Å². The molecule has 2 aromatic rings. The van der Waals surface area contributed by atoms with Gasteiger partial charge in [-0.05, 0) is 55.5 Å². The van der Waals surface area contributed by atoms with Crippen LogP contribution in [-0.4, -0.2) is 18.9 Å². The first-order valence-electron chi connectivity index (χ1n) is 6.55. The third-order valence-electron chi connectivity index (χ3n) is 3.49. The van der Waals surface area contributed by atoms with E-state index in [0.717, 1.165) is 5.69 Å². The fraction of sp³-hybridized carbons (Fsp3) is 0.176. The van der Waals surface area contributed by atoms with Crippen molar-refractivity contribution in [1.29, 1.82) is 5.26 Å². The normalized spacial score (nSPS) is 11.5. The molecule has 0 aliphatic rings. The van der Waals surface area contributed by atoms with E-state index in [1.54, 1.807) is 31.2 Å². The van der Waals surface area contributed by atoms with E-state index in [1.165, 1.54) is 24.3 Å². The number of nitrogens with zero attached hydrogens (tertiary/aromatic N) is 2. The number of likely N-dealkylation sites (N-methyl/N-ethyl adjacent to an activating group) is 1. The van der Waals surface area contributed by atoms with Crippen LogP contribution in [0.3, 0.4) is 0 Å². The lowest BCUT2D eigenvalue weighted by atomic mass is 10.0. The van der Waals surface area contributed by atoms with Gasteiger partial charge in [-0.2, -0.15) is 5.26 Å². The maximum atomic E-state index is 12.9. The van der Waals surface area contributed by atoms with Gasteiger partial charge in [0.25, 0.3) is 0 Å². The number of anilines is 1. The van der Waals surface area contributed by atoms with E-state index >= 15 is 0 Å². The standard InChI is InChI=1S/C17H15FN2O/c1-12(17(21)14-5-7-15(18)8-6-14)20(2)16-9-3-13(11-19)4-10-16/h3-10,12H,1-2H3. The van der Waals surface area contributed by atoms with E-state index in [1.807, 2.05) is 11.9 Å². The Bertz CT molecular complexity index is 671. The highest BCUT2D eigenvalue weighted by Gasteiger charge is 2.20. The average molecular weight is 282 g/mol. The average Bonchev–Trinajstić information content (AvgIpc) is 2.53. The fourth-order valence-electron chi connectivity index (χ4n) is 2.03. The third-order valence-corrected chi connectivity index (χ3v) is 3.49. The number of carbonyl (C=O) groups excluding carboxylic acids is 1. The molecule has 0 fully saturated rings. The number of halogens is 1. The second kappa shape index (κ2) is 6.19. The van der Waals surface area contributed by atoms with Crippen molar-refractivity contribution >= 4 is 11.5 Å². The van der Waals surface area contributed by atoms with Crippen molar-refractivity contribution in [2.45, 2.75) is 13.0 Å². The summed E-state index contributed by atoms with van der Waals surface area (Å²) >= 11 is 0. The molecular weight excluding hydrogens is 267 g/mol. The number of rotatable bonds is 4. The van der Waals surface area contributed by atoms with Gasteiger partial charge in [-0.3, -0.25) is 4.79 Å². The number of Topliss-reactive ketones (excluding diaryl/α,β-unsaturated/α-hetero) is 1. The Kier molecular flexibility index (Phi) is 4.34. The molecule has 0 radical (unpaired) electrons. The first-order valence-corrected chi connectivity index (χ1v) is 6.55. The predicted molar refractivity (Wildman–Crippen MR) is 79.8 cm³/mol. The molecule has 1 unspecified atom stereocenters. The smallest absolute Gasteiger partial charge is 0.184 e. The van der Waals surface area contributed by atoms with Crippen molar-refractivity contribution in [3.05, 3.63) is 65.5 Å². The largest absolute Gasteiger partial charge is 0.364 e. The van der Waals surface area contributed by atoms with Crippen LogP contribution in [0.5, 0.6) is 0 Å². The summed E-state index contributed by atoms with van der Waals surface area (Å²) in [7, 11) is 1.81. The van der Waals surface area contributed by atoms with Crippen LogP contribution >= 0.6 is 0 Å². The Morgan fingerprint density at radius 1 is 1.14 bits per heavy atom. The zero-order valence-electron chi connectivity index (χ0n) is 11.9. The molecule has 2 rings (SSSR count). The van der Waals surface area contributed by atoms with E-state index in [2.05, 4.69) is 6.07 Å². The molecule has 0 spiro atoms. The summed E-state index contributed by atoms with van der Waals surface area (Å²) in [5.74, 6) is -0.443. The molecule has 0 aromatic heterocycles. The zero-order valence-corrected chi connectivity index (χ0v) is 11.9. The molecule has 21 heavy (non-hydrogen) atoms. The van der Waals surface area contributed by atoms with Gasteiger partial charge in [0.05, 0.1) is 17.7 Å². The van der Waals surface area contributed by atoms with Crippen LogP contribution in [0, 0.1) is 17.1 Å². The minimum Gasteiger partial charge on any atom is -0.364 e. The molecule has 0 aliphatic heterocycles. The van der Waals surface area contributed by atoms with Gasteiger partial charge in [-0.1, -0.05) is 0 Å². The van der Waals surface area contributed by atoms with Gasteiger partial charge in [0.1, 0.15) is 5.82 Å². The van der Waals surface area contributed by atoms with Gasteiger partial charge >= 0.3 is 0 Å². The molecule has 1 atom stereocenters. The Balaban J connectivity index is 2.17. The molecule has 0 aliphatic carbocycles. The van der Waals surface area contributed by atoms with Crippen molar-refractivity contribution in [2.75, 3.05) is 11.9 Å². The van der Waals surface area contributed by atoms with Gasteiger partial charge in [-0.15, -0.1) is 0 Å². The molecule has 106 valence electrons. The molecule has 0 heterocycles. The van der Waals surface area contributed by atoms with E-state index in [9.17, 15) is 9.18 Å². The van der Waals surface area contributed by atoms with Gasteiger partial charge in [0.2, 0.25) is 0 Å². The number of benzene rings is 2. The number of hydrogen-bond acceptors (Lipinski definition) is 3. The lowest BCUT2D eigenvalue weighted by Gasteiger charge is -2.26. The number of carbonyl (C=O) groups is 1. The first-order chi connectivity index (χ1) is 10.0. The second-order valence-corrected chi connectivity index (χ2v) is 4.82. The molecule has 3 nitrogen and oxygen atoms in total. The summed E-state index contributed by atoms with van der Waals surface area (Å²) in [6.45, 7) is 1.80. The van der Waals surface area contributed by atoms with Crippen molar-refractivity contribution in [3.8, 4) is 6.07 Å². The zero-order chi connectivity index (χ0) is 15.4. The number of ketones is 1. The molecule has 4 heteroatoms. The highest BCUT2D eigenvalue weighted by Crippen LogP contribution is 2.18. The molecule has 0 amide bonds. The quantitative estimate of drug-likeness (QED) is 0.807. The summed E-state index contributed by atoms with van der Waals surface area (Å²) in [6, 6.07) is 14.2. The van der Waals surface area contributed by atoms with E-state index in [0.29, 0.717) is 11.1 Å². The van der Waals surface area contributed by atoms with Gasteiger partial charge in [0.15, 0.2) is 5.78 Å². The summed E-state index contributed by atoms with van der Waals surface area (Å²) in [5.41, 5.74) is 1.89. The molecule has 0 N–H and O–H groups in total. The minimum absolute atomic E-state index is 0.0816. The van der Waals surface area contributed by atoms with Crippen LogP contribution in [-0.2, 0) is 0 Å². The highest BCUT2D eigenvalue weighted by atomic mass is 19.1. The van der Waals surface area contributed by atoms with Crippen LogP contribution in [0.2, 0.25) is 0 Å². The summed E-state index contributed by atoms with van der Waals surface area (Å²) < 4.78 is 12.9. The van der Waals surface area contributed by atoms with Crippen LogP contribution in [0.25, 0.3) is 0 Å². The lowest BCUT2D eigenvalue weighted by Crippen LogP contribution is -2.36. The van der Waals surface area contributed by atoms with E-state index in [4.69, 9.17) is 5.26 Å². The monoisotopic (exact) mass is 282 g/mol. The van der Waals surface area contributed by atoms with Crippen molar-refractivity contribution in [3.63, 3.8) is 0 Å². The number of hydrogen-bond donors (Lipinski definition) is 0. The lowest BCUT2D eigenvalue weighted by molar-refractivity contribution is 0.0966. The molecule has 0 saturated heterocycles. The molecule has 0 bridgehead atoms. The van der Waals surface area contributed by atoms with Crippen LogP contribution < -0.4 is 4.90 Å². The highest BCUT2D eigenvalue weighted by molar-refractivity contribution is 6.01. The summed E-state index contributed by atoms with van der Waals surface area (Å²) in [6.07, 6.45) is 0. The maximum absolute atomic E-state index is 12.9. The fourth-order valence-corrected chi connectivity index (χ4v) is 2.03. The van der Waals surface area contributed by atoms with Crippen LogP contribution in [0.1, 0.15) is 22.8 Å². The van der Waals surface area contributed by atoms with Crippen molar-refractivity contribution in [1.82, 2.24) is 0 Å². The van der Waals surface area contributed by atoms with Gasteiger partial charge in [0, 0.05) is 18.3 Å². The Morgan fingerprint density at radius 2 is 1.71 bits per heavy atom. The first kappa shape index (κ1) is 14.7. The minimum atomic E-state index is -0.386. The van der Waals surface area contributed by atoms with Crippen molar-refractivity contribution in [2.24, 2.45) is 0 Å². The maximum Gasteiger partial charge on any atom is 0.184 e. The third kappa shape index (κ3) is 3.26. The summed E-state index contributed by atoms with van der Waals surface area (Å²) in [5, 5.41) is 8.79. The predicted octanol–water partition coefficient (Wildman–Crippen LogP) is 3.40. The topological polar surface area (TPSA) is 44.1 Å². The second-order valence-electron chi connectivity index (χ2n) is 4.82. The Labute approximate surface area is 123 Å². The molecule has 0 saturated carbocycles. The molecular formula is C17H15FN2O. The van der Waals surface area contributed by atoms with E-state index in [-0.39, 0.29) is 17.6 Å². The summed E-state index contributed by atoms with van der Waals surface area (Å²) in [4.78, 5) is 14.2. The number of nitriles is 1. The Morgan fingerprint density at radius 3 is 2.24 bits per heavy atom. The van der Waals surface area contributed by atoms with Crippen LogP contribution in [0.4, 0.5) is 10.1 Å². The Hall–Kier alpha value is -2.67. The van der Waals surface area contributed by atoms with Crippen LogP contribution in [0.15, 0.2) is 48.5 Å².